The topological polar surface area (TPSA) is 4.93 Å². The van der Waals surface area contributed by atoms with Crippen molar-refractivity contribution in [3.63, 3.8) is 0 Å². The molecular weight excluding hydrogens is 619 g/mol. The van der Waals surface area contributed by atoms with E-state index in [1.807, 2.05) is 0 Å². The Bertz CT molecular complexity index is 2710. The third-order valence-corrected chi connectivity index (χ3v) is 15.5. The fourth-order valence-electron chi connectivity index (χ4n) is 8.66. The van der Waals surface area contributed by atoms with Crippen molar-refractivity contribution in [1.29, 1.82) is 0 Å². The molecule has 10 aromatic rings. The Kier molecular flexibility index (Phi) is 6.58. The molecule has 0 N–H and O–H groups in total. The quantitative estimate of drug-likeness (QED) is 0.0993. The fraction of sp³-hybridized carbons (Fsp3) is 0. The van der Waals surface area contributed by atoms with Crippen molar-refractivity contribution in [2.45, 2.75) is 0 Å². The molecule has 0 aliphatic heterocycles. The number of nitrogens with zero attached hydrogens (tertiary/aromatic N) is 1. The van der Waals surface area contributed by atoms with Gasteiger partial charge in [0.15, 0.2) is 8.07 Å². The third kappa shape index (κ3) is 4.12. The normalized spacial score (nSPS) is 12.0. The molecule has 0 bridgehead atoms. The summed E-state index contributed by atoms with van der Waals surface area (Å²) in [5.74, 6) is 0. The van der Waals surface area contributed by atoms with Crippen molar-refractivity contribution < 1.29 is 0 Å². The molecule has 0 spiro atoms. The smallest absolute Gasteiger partial charge is 0.179 e. The molecule has 0 aliphatic rings. The molecule has 0 radical (unpaired) electrons. The predicted molar refractivity (Wildman–Crippen MR) is 217 cm³/mol. The first-order valence-electron chi connectivity index (χ1n) is 17.4. The van der Waals surface area contributed by atoms with Crippen LogP contribution in [-0.2, 0) is 0 Å². The van der Waals surface area contributed by atoms with Crippen molar-refractivity contribution in [2.24, 2.45) is 0 Å². The Hall–Kier alpha value is -6.22. The first-order chi connectivity index (χ1) is 24.8. The molecule has 50 heavy (non-hydrogen) atoms. The van der Waals surface area contributed by atoms with Crippen LogP contribution in [0.25, 0.3) is 59.8 Å². The van der Waals surface area contributed by atoms with Gasteiger partial charge in [0.1, 0.15) is 0 Å². The summed E-state index contributed by atoms with van der Waals surface area (Å²) in [6, 6.07) is 74.5. The molecule has 0 aliphatic carbocycles. The van der Waals surface area contributed by atoms with E-state index in [1.165, 1.54) is 80.6 Å². The standard InChI is InChI=1S/C48H33NSi/c1-5-17-34(18-6-1)49-45-31-29-38(50(35-19-7-2-8-20-35,36-21-9-3-10-22-36)37-23-11-4-12-24-37)33-44(45)48-46(49)32-30-43-41-27-14-13-25-39(41)40-26-15-16-28-42(40)47(43)48/h1-33H. The van der Waals surface area contributed by atoms with Gasteiger partial charge in [-0.15, -0.1) is 0 Å². The van der Waals surface area contributed by atoms with Crippen LogP contribution in [0.4, 0.5) is 0 Å². The van der Waals surface area contributed by atoms with Crippen LogP contribution in [0.2, 0.25) is 0 Å². The molecule has 9 aromatic carbocycles. The van der Waals surface area contributed by atoms with Gasteiger partial charge in [-0.1, -0.05) is 176 Å². The van der Waals surface area contributed by atoms with E-state index in [1.54, 1.807) is 0 Å². The van der Waals surface area contributed by atoms with Gasteiger partial charge in [0, 0.05) is 21.8 Å². The highest BCUT2D eigenvalue weighted by molar-refractivity contribution is 7.20. The zero-order chi connectivity index (χ0) is 33.1. The summed E-state index contributed by atoms with van der Waals surface area (Å²) < 4.78 is 2.47. The Morgan fingerprint density at radius 2 is 0.700 bits per heavy atom. The lowest BCUT2D eigenvalue weighted by molar-refractivity contribution is 1.18. The lowest BCUT2D eigenvalue weighted by atomic mass is 9.92. The molecule has 0 fully saturated rings. The summed E-state index contributed by atoms with van der Waals surface area (Å²) in [5.41, 5.74) is 3.61. The van der Waals surface area contributed by atoms with Crippen molar-refractivity contribution in [3.05, 3.63) is 200 Å². The van der Waals surface area contributed by atoms with Gasteiger partial charge in [-0.05, 0) is 71.9 Å². The monoisotopic (exact) mass is 651 g/mol. The lowest BCUT2D eigenvalue weighted by Gasteiger charge is -2.34. The van der Waals surface area contributed by atoms with Gasteiger partial charge in [0.25, 0.3) is 0 Å². The van der Waals surface area contributed by atoms with E-state index in [0.717, 1.165) is 0 Å². The van der Waals surface area contributed by atoms with Crippen molar-refractivity contribution in [2.75, 3.05) is 0 Å². The molecular formula is C48H33NSi. The van der Waals surface area contributed by atoms with E-state index in [2.05, 4.69) is 205 Å². The average Bonchev–Trinajstić information content (AvgIpc) is 3.54. The van der Waals surface area contributed by atoms with E-state index < -0.39 is 8.07 Å². The van der Waals surface area contributed by atoms with Crippen LogP contribution >= 0.6 is 0 Å². The molecule has 2 heteroatoms. The molecule has 0 unspecified atom stereocenters. The highest BCUT2D eigenvalue weighted by atomic mass is 28.3. The van der Waals surface area contributed by atoms with Gasteiger partial charge >= 0.3 is 0 Å². The second-order valence-corrected chi connectivity index (χ2v) is 17.0. The fourth-order valence-corrected chi connectivity index (χ4v) is 13.4. The van der Waals surface area contributed by atoms with Gasteiger partial charge < -0.3 is 4.57 Å². The number of aromatic nitrogens is 1. The van der Waals surface area contributed by atoms with Gasteiger partial charge in [0.05, 0.1) is 11.0 Å². The maximum atomic E-state index is 2.56. The van der Waals surface area contributed by atoms with E-state index in [4.69, 9.17) is 0 Å². The zero-order valence-electron chi connectivity index (χ0n) is 27.5. The maximum absolute atomic E-state index is 2.75. The van der Waals surface area contributed by atoms with Crippen LogP contribution in [0, 0.1) is 0 Å². The van der Waals surface area contributed by atoms with Crippen LogP contribution in [-0.4, -0.2) is 12.6 Å². The summed E-state index contributed by atoms with van der Waals surface area (Å²) in [7, 11) is -2.75. The van der Waals surface area contributed by atoms with Crippen LogP contribution in [0.3, 0.4) is 0 Å². The molecule has 1 heterocycles. The largest absolute Gasteiger partial charge is 0.309 e. The SMILES string of the molecule is c1ccc(-n2c3ccc([Si](c4ccccc4)(c4ccccc4)c4ccccc4)cc3c3c4c5ccccc5c5ccccc5c4ccc32)cc1. The minimum Gasteiger partial charge on any atom is -0.309 e. The number of para-hydroxylation sites is 1. The van der Waals surface area contributed by atoms with Crippen LogP contribution < -0.4 is 20.7 Å². The molecule has 234 valence electrons. The summed E-state index contributed by atoms with van der Waals surface area (Å²) in [4.78, 5) is 0. The minimum atomic E-state index is -2.75. The van der Waals surface area contributed by atoms with Gasteiger partial charge in [-0.2, -0.15) is 0 Å². The summed E-state index contributed by atoms with van der Waals surface area (Å²) in [6.45, 7) is 0. The van der Waals surface area contributed by atoms with Crippen LogP contribution in [0.5, 0.6) is 0 Å². The number of benzene rings is 9. The number of rotatable bonds is 5. The molecule has 1 aromatic heterocycles. The summed E-state index contributed by atoms with van der Waals surface area (Å²) in [5, 5.41) is 15.9. The number of hydrogen-bond donors (Lipinski definition) is 0. The van der Waals surface area contributed by atoms with Gasteiger partial charge in [-0.3, -0.25) is 0 Å². The first kappa shape index (κ1) is 28.8. The van der Waals surface area contributed by atoms with Crippen molar-refractivity contribution in [3.8, 4) is 5.69 Å². The highest BCUT2D eigenvalue weighted by Gasteiger charge is 2.41. The molecule has 0 atom stereocenters. The number of fused-ring (bicyclic) bond motifs is 10. The van der Waals surface area contributed by atoms with Crippen LogP contribution in [0.1, 0.15) is 0 Å². The molecule has 0 saturated carbocycles. The maximum Gasteiger partial charge on any atom is 0.179 e. The highest BCUT2D eigenvalue weighted by Crippen LogP contribution is 2.43. The van der Waals surface area contributed by atoms with E-state index >= 15 is 0 Å². The number of hydrogen-bond acceptors (Lipinski definition) is 0. The minimum absolute atomic E-state index is 1.17. The van der Waals surface area contributed by atoms with Crippen molar-refractivity contribution in [1.82, 2.24) is 4.57 Å². The van der Waals surface area contributed by atoms with Gasteiger partial charge in [-0.25, -0.2) is 0 Å². The van der Waals surface area contributed by atoms with Crippen LogP contribution in [0.15, 0.2) is 200 Å². The summed E-state index contributed by atoms with van der Waals surface area (Å²) in [6.07, 6.45) is 0. The van der Waals surface area contributed by atoms with E-state index in [-0.39, 0.29) is 0 Å². The van der Waals surface area contributed by atoms with E-state index in [0.29, 0.717) is 0 Å². The lowest BCUT2D eigenvalue weighted by Crippen LogP contribution is -2.74. The Labute approximate surface area is 292 Å². The third-order valence-electron chi connectivity index (χ3n) is 10.7. The Morgan fingerprint density at radius 1 is 0.280 bits per heavy atom. The molecule has 0 amide bonds. The summed E-state index contributed by atoms with van der Waals surface area (Å²) >= 11 is 0. The second kappa shape index (κ2) is 11.4. The second-order valence-electron chi connectivity index (χ2n) is 13.2. The first-order valence-corrected chi connectivity index (χ1v) is 19.4. The zero-order valence-corrected chi connectivity index (χ0v) is 28.5. The van der Waals surface area contributed by atoms with E-state index in [9.17, 15) is 0 Å². The average molecular weight is 652 g/mol. The molecule has 0 saturated heterocycles. The Balaban J connectivity index is 1.43. The molecule has 10 rings (SSSR count). The Morgan fingerprint density at radius 3 is 1.24 bits per heavy atom. The molecule has 1 nitrogen and oxygen atoms in total. The van der Waals surface area contributed by atoms with Gasteiger partial charge in [0.2, 0.25) is 0 Å². The predicted octanol–water partition coefficient (Wildman–Crippen LogP) is 9.62. The van der Waals surface area contributed by atoms with Crippen molar-refractivity contribution >= 4 is 82.9 Å².